The van der Waals surface area contributed by atoms with Crippen LogP contribution in [0, 0.1) is 0 Å². The second-order valence-corrected chi connectivity index (χ2v) is 6.75. The lowest BCUT2D eigenvalue weighted by Crippen LogP contribution is -2.46. The second-order valence-electron chi connectivity index (χ2n) is 6.75. The van der Waals surface area contributed by atoms with Crippen LogP contribution in [0.2, 0.25) is 0 Å². The Bertz CT molecular complexity index is 941. The van der Waals surface area contributed by atoms with Crippen LogP contribution in [0.15, 0.2) is 59.3 Å². The van der Waals surface area contributed by atoms with Crippen LogP contribution >= 0.6 is 0 Å². The number of nitrogens with zero attached hydrogens (tertiary/aromatic N) is 4. The molecule has 144 valence electrons. The van der Waals surface area contributed by atoms with E-state index in [0.29, 0.717) is 18.0 Å². The Morgan fingerprint density at radius 2 is 2.00 bits per heavy atom. The van der Waals surface area contributed by atoms with Gasteiger partial charge in [-0.15, -0.1) is 10.2 Å². The van der Waals surface area contributed by atoms with E-state index >= 15 is 0 Å². The van der Waals surface area contributed by atoms with Gasteiger partial charge in [0.05, 0.1) is 18.8 Å². The summed E-state index contributed by atoms with van der Waals surface area (Å²) in [5, 5.41) is 7.54. The number of hydrogen-bond acceptors (Lipinski definition) is 6. The molecule has 2 aromatic carbocycles. The third kappa shape index (κ3) is 3.55. The minimum atomic E-state index is -0.0820. The van der Waals surface area contributed by atoms with Gasteiger partial charge < -0.3 is 19.0 Å². The summed E-state index contributed by atoms with van der Waals surface area (Å²) >= 11 is 0. The molecule has 1 aromatic heterocycles. The Kier molecular flexibility index (Phi) is 4.97. The van der Waals surface area contributed by atoms with Gasteiger partial charge in [-0.2, -0.15) is 0 Å². The maximum Gasteiger partial charge on any atom is 0.253 e. The van der Waals surface area contributed by atoms with Gasteiger partial charge in [-0.25, -0.2) is 0 Å². The molecule has 4 rings (SSSR count). The lowest BCUT2D eigenvalue weighted by atomic mass is 10.1. The van der Waals surface area contributed by atoms with Gasteiger partial charge in [0.1, 0.15) is 11.9 Å². The maximum absolute atomic E-state index is 12.8. The molecule has 1 aliphatic heterocycles. The van der Waals surface area contributed by atoms with E-state index in [-0.39, 0.29) is 12.0 Å². The highest BCUT2D eigenvalue weighted by atomic mass is 16.5. The number of anilines is 1. The fourth-order valence-electron chi connectivity index (χ4n) is 3.44. The molecule has 0 saturated carbocycles. The molecule has 0 fully saturated rings. The van der Waals surface area contributed by atoms with Crippen LogP contribution in [-0.2, 0) is 0 Å². The first-order chi connectivity index (χ1) is 13.7. The molecular weight excluding hydrogens is 356 g/mol. The summed E-state index contributed by atoms with van der Waals surface area (Å²) in [5.41, 5.74) is 2.49. The predicted octanol–water partition coefficient (Wildman–Crippen LogP) is 3.10. The number of carbonyl (C=O) groups is 1. The Hall–Kier alpha value is -3.35. The van der Waals surface area contributed by atoms with Gasteiger partial charge in [-0.3, -0.25) is 4.79 Å². The lowest BCUT2D eigenvalue weighted by Gasteiger charge is -2.37. The topological polar surface area (TPSA) is 71.7 Å². The van der Waals surface area contributed by atoms with Gasteiger partial charge in [0.15, 0.2) is 0 Å². The number of para-hydroxylation sites is 2. The Morgan fingerprint density at radius 1 is 1.21 bits per heavy atom. The van der Waals surface area contributed by atoms with Gasteiger partial charge >= 0.3 is 0 Å². The number of amides is 1. The summed E-state index contributed by atoms with van der Waals surface area (Å²) in [6.07, 6.45) is 1.20. The van der Waals surface area contributed by atoms with Crippen molar-refractivity contribution in [3.8, 4) is 17.2 Å². The number of rotatable bonds is 5. The minimum Gasteiger partial charge on any atom is -0.485 e. The van der Waals surface area contributed by atoms with Crippen LogP contribution in [0.5, 0.6) is 5.75 Å². The van der Waals surface area contributed by atoms with E-state index in [4.69, 9.17) is 9.15 Å². The van der Waals surface area contributed by atoms with Crippen molar-refractivity contribution in [2.45, 2.75) is 13.0 Å². The van der Waals surface area contributed by atoms with Crippen molar-refractivity contribution in [2.75, 3.05) is 31.6 Å². The molecule has 0 bridgehead atoms. The summed E-state index contributed by atoms with van der Waals surface area (Å²) in [7, 11) is 1.80. The number of aromatic nitrogens is 2. The van der Waals surface area contributed by atoms with Crippen LogP contribution in [0.4, 0.5) is 5.69 Å². The highest BCUT2D eigenvalue weighted by Crippen LogP contribution is 2.33. The molecule has 0 saturated heterocycles. The standard InChI is InChI=1S/C21H22N4O3/c1-3-25-13-17(28-19-7-5-4-6-18(19)25)12-24(2)21(26)16-10-8-15(9-11-16)20-23-22-14-27-20/h4-11,14,17H,3,12-13H2,1-2H3/t17-/m0/s1. The number of hydrogen-bond donors (Lipinski definition) is 0. The molecule has 28 heavy (non-hydrogen) atoms. The lowest BCUT2D eigenvalue weighted by molar-refractivity contribution is 0.0709. The third-order valence-electron chi connectivity index (χ3n) is 4.87. The summed E-state index contributed by atoms with van der Waals surface area (Å²) in [6.45, 7) is 4.28. The third-order valence-corrected chi connectivity index (χ3v) is 4.87. The average molecular weight is 378 g/mol. The quantitative estimate of drug-likeness (QED) is 0.679. The van der Waals surface area contributed by atoms with Crippen molar-refractivity contribution in [3.05, 3.63) is 60.5 Å². The molecule has 1 amide bonds. The minimum absolute atomic E-state index is 0.0532. The van der Waals surface area contributed by atoms with Crippen LogP contribution in [-0.4, -0.2) is 53.8 Å². The molecular formula is C21H22N4O3. The van der Waals surface area contributed by atoms with Crippen molar-refractivity contribution >= 4 is 11.6 Å². The fraction of sp³-hybridized carbons (Fsp3) is 0.286. The van der Waals surface area contributed by atoms with Crippen molar-refractivity contribution in [3.63, 3.8) is 0 Å². The zero-order chi connectivity index (χ0) is 19.5. The normalized spacial score (nSPS) is 15.6. The predicted molar refractivity (Wildman–Crippen MR) is 105 cm³/mol. The first kappa shape index (κ1) is 18.0. The van der Waals surface area contributed by atoms with Crippen molar-refractivity contribution in [2.24, 2.45) is 0 Å². The highest BCUT2D eigenvalue weighted by Gasteiger charge is 2.27. The molecule has 0 unspecified atom stereocenters. The van der Waals surface area contributed by atoms with E-state index in [0.717, 1.165) is 30.1 Å². The molecule has 7 heteroatoms. The number of fused-ring (bicyclic) bond motifs is 1. The van der Waals surface area contributed by atoms with Gasteiger partial charge in [-0.05, 0) is 43.3 Å². The SMILES string of the molecule is CCN1C[C@H](CN(C)C(=O)c2ccc(-c3nnco3)cc2)Oc2ccccc21. The van der Waals surface area contributed by atoms with Crippen LogP contribution in [0.3, 0.4) is 0 Å². The molecule has 0 radical (unpaired) electrons. The van der Waals surface area contributed by atoms with Gasteiger partial charge in [0.25, 0.3) is 5.91 Å². The van der Waals surface area contributed by atoms with Crippen LogP contribution in [0.1, 0.15) is 17.3 Å². The van der Waals surface area contributed by atoms with Gasteiger partial charge in [0, 0.05) is 24.7 Å². The summed E-state index contributed by atoms with van der Waals surface area (Å²) in [6, 6.07) is 15.2. The number of benzene rings is 2. The largest absolute Gasteiger partial charge is 0.485 e. The van der Waals surface area contributed by atoms with E-state index in [1.165, 1.54) is 6.39 Å². The summed E-state index contributed by atoms with van der Waals surface area (Å²) in [5.74, 6) is 1.24. The monoisotopic (exact) mass is 378 g/mol. The Balaban J connectivity index is 1.43. The van der Waals surface area contributed by atoms with Crippen LogP contribution in [0.25, 0.3) is 11.5 Å². The Morgan fingerprint density at radius 3 is 2.71 bits per heavy atom. The number of ether oxygens (including phenoxy) is 1. The molecule has 1 aliphatic rings. The molecule has 0 N–H and O–H groups in total. The molecule has 3 aromatic rings. The van der Waals surface area contributed by atoms with Crippen LogP contribution < -0.4 is 9.64 Å². The van der Waals surface area contributed by atoms with E-state index in [2.05, 4.69) is 28.1 Å². The zero-order valence-electron chi connectivity index (χ0n) is 15.9. The maximum atomic E-state index is 12.8. The first-order valence-corrected chi connectivity index (χ1v) is 9.28. The van der Waals surface area contributed by atoms with E-state index < -0.39 is 0 Å². The summed E-state index contributed by atoms with van der Waals surface area (Å²) < 4.78 is 11.3. The van der Waals surface area contributed by atoms with Crippen molar-refractivity contribution in [1.82, 2.24) is 15.1 Å². The number of likely N-dealkylation sites (N-methyl/N-ethyl adjacent to an activating group) is 2. The van der Waals surface area contributed by atoms with E-state index in [1.54, 1.807) is 36.2 Å². The van der Waals surface area contributed by atoms with Gasteiger partial charge in [0.2, 0.25) is 12.3 Å². The van der Waals surface area contributed by atoms with E-state index in [9.17, 15) is 4.79 Å². The molecule has 1 atom stereocenters. The smallest absolute Gasteiger partial charge is 0.253 e. The van der Waals surface area contributed by atoms with Crippen molar-refractivity contribution < 1.29 is 13.9 Å². The Labute approximate surface area is 163 Å². The first-order valence-electron chi connectivity index (χ1n) is 9.28. The molecule has 2 heterocycles. The fourth-order valence-corrected chi connectivity index (χ4v) is 3.44. The highest BCUT2D eigenvalue weighted by molar-refractivity contribution is 5.94. The average Bonchev–Trinajstić information content (AvgIpc) is 3.27. The molecule has 7 nitrogen and oxygen atoms in total. The molecule has 0 spiro atoms. The van der Waals surface area contributed by atoms with Crippen molar-refractivity contribution in [1.29, 1.82) is 0 Å². The van der Waals surface area contributed by atoms with E-state index in [1.807, 2.05) is 18.2 Å². The summed E-state index contributed by atoms with van der Waals surface area (Å²) in [4.78, 5) is 16.8. The zero-order valence-corrected chi connectivity index (χ0v) is 15.9. The number of carbonyl (C=O) groups excluding carboxylic acids is 1. The molecule has 0 aliphatic carbocycles. The second kappa shape index (κ2) is 7.72. The van der Waals surface area contributed by atoms with Gasteiger partial charge in [-0.1, -0.05) is 12.1 Å².